The predicted molar refractivity (Wildman–Crippen MR) is 117 cm³/mol. The van der Waals surface area contributed by atoms with Gasteiger partial charge in [0.15, 0.2) is 17.2 Å². The Balaban J connectivity index is 1.54. The molecule has 5 rings (SSSR count). The van der Waals surface area contributed by atoms with Crippen molar-refractivity contribution in [1.82, 2.24) is 14.7 Å². The molecule has 1 amide bonds. The van der Waals surface area contributed by atoms with E-state index in [0.29, 0.717) is 42.8 Å². The van der Waals surface area contributed by atoms with Crippen LogP contribution in [-0.2, 0) is 6.54 Å². The number of carbonyl (C=O) groups excluding carboxylic acids is 1. The maximum Gasteiger partial charge on any atom is 0.275 e. The average molecular weight is 419 g/mol. The number of fused-ring (bicyclic) bond motifs is 2. The minimum atomic E-state index is -0.171. The molecule has 0 bridgehead atoms. The molecule has 0 saturated carbocycles. The van der Waals surface area contributed by atoms with Gasteiger partial charge in [-0.3, -0.25) is 9.59 Å². The quantitative estimate of drug-likeness (QED) is 0.649. The van der Waals surface area contributed by atoms with E-state index < -0.39 is 0 Å². The van der Waals surface area contributed by atoms with Gasteiger partial charge in [-0.15, -0.1) is 0 Å². The van der Waals surface area contributed by atoms with Gasteiger partial charge in [0.1, 0.15) is 0 Å². The molecule has 7 heteroatoms. The molecule has 2 aliphatic heterocycles. The first-order chi connectivity index (χ1) is 15.2. The van der Waals surface area contributed by atoms with Crippen LogP contribution in [0.3, 0.4) is 0 Å². The number of hydrogen-bond acceptors (Lipinski definition) is 5. The number of rotatable bonds is 3. The van der Waals surface area contributed by atoms with Crippen molar-refractivity contribution in [2.24, 2.45) is 0 Å². The van der Waals surface area contributed by atoms with Gasteiger partial charge in [-0.2, -0.15) is 5.10 Å². The highest BCUT2D eigenvalue weighted by Crippen LogP contribution is 2.38. The number of aromatic nitrogens is 2. The molecular formula is C24H25N3O4. The summed E-state index contributed by atoms with van der Waals surface area (Å²) in [6.07, 6.45) is 2.64. The molecule has 1 fully saturated rings. The highest BCUT2D eigenvalue weighted by atomic mass is 16.5. The molecule has 0 radical (unpaired) electrons. The lowest BCUT2D eigenvalue weighted by Crippen LogP contribution is -2.34. The summed E-state index contributed by atoms with van der Waals surface area (Å²) in [7, 11) is 0. The molecule has 2 aliphatic rings. The minimum Gasteiger partial charge on any atom is -0.490 e. The predicted octanol–water partition coefficient (Wildman–Crippen LogP) is 3.56. The van der Waals surface area contributed by atoms with Crippen molar-refractivity contribution in [3.05, 3.63) is 64.1 Å². The summed E-state index contributed by atoms with van der Waals surface area (Å²) in [5.74, 6) is 1.34. The smallest absolute Gasteiger partial charge is 0.275 e. The Kier molecular flexibility index (Phi) is 5.10. The van der Waals surface area contributed by atoms with E-state index in [-0.39, 0.29) is 17.5 Å². The van der Waals surface area contributed by atoms with Gasteiger partial charge in [-0.1, -0.05) is 24.3 Å². The summed E-state index contributed by atoms with van der Waals surface area (Å²) in [4.78, 5) is 28.2. The Bertz CT molecular complexity index is 1200. The zero-order valence-corrected chi connectivity index (χ0v) is 17.5. The lowest BCUT2D eigenvalue weighted by molar-refractivity contribution is 0.0729. The highest BCUT2D eigenvalue weighted by Gasteiger charge is 2.33. The summed E-state index contributed by atoms with van der Waals surface area (Å²) < 4.78 is 13.0. The molecule has 3 aromatic rings. The average Bonchev–Trinajstić information content (AvgIpc) is 3.18. The van der Waals surface area contributed by atoms with E-state index in [2.05, 4.69) is 5.10 Å². The van der Waals surface area contributed by atoms with E-state index >= 15 is 0 Å². The summed E-state index contributed by atoms with van der Waals surface area (Å²) in [5, 5.41) is 5.57. The lowest BCUT2D eigenvalue weighted by atomic mass is 10.0. The molecule has 1 unspecified atom stereocenters. The van der Waals surface area contributed by atoms with Gasteiger partial charge >= 0.3 is 0 Å². The van der Waals surface area contributed by atoms with Gasteiger partial charge in [-0.25, -0.2) is 4.68 Å². The molecule has 0 aliphatic carbocycles. The first-order valence-electron chi connectivity index (χ1n) is 10.9. The van der Waals surface area contributed by atoms with Gasteiger partial charge in [0.05, 0.1) is 24.6 Å². The highest BCUT2D eigenvalue weighted by molar-refractivity contribution is 6.05. The largest absolute Gasteiger partial charge is 0.490 e. The molecular weight excluding hydrogens is 394 g/mol. The second-order valence-corrected chi connectivity index (χ2v) is 7.93. The molecule has 0 spiro atoms. The molecule has 1 saturated heterocycles. The van der Waals surface area contributed by atoms with Crippen LogP contribution < -0.4 is 15.0 Å². The molecule has 31 heavy (non-hydrogen) atoms. The fourth-order valence-electron chi connectivity index (χ4n) is 4.49. The Morgan fingerprint density at radius 1 is 1.06 bits per heavy atom. The Hall–Kier alpha value is -3.35. The zero-order chi connectivity index (χ0) is 21.4. The van der Waals surface area contributed by atoms with E-state index in [1.165, 1.54) is 4.68 Å². The molecule has 160 valence electrons. The summed E-state index contributed by atoms with van der Waals surface area (Å²) in [6, 6.07) is 13.1. The van der Waals surface area contributed by atoms with Crippen molar-refractivity contribution in [3.8, 4) is 11.5 Å². The van der Waals surface area contributed by atoms with Gasteiger partial charge < -0.3 is 14.4 Å². The van der Waals surface area contributed by atoms with Gasteiger partial charge in [0.2, 0.25) is 0 Å². The lowest BCUT2D eigenvalue weighted by Gasteiger charge is -2.26. The Morgan fingerprint density at radius 2 is 1.84 bits per heavy atom. The summed E-state index contributed by atoms with van der Waals surface area (Å²) in [5.41, 5.74) is 1.19. The second kappa shape index (κ2) is 8.06. The number of ether oxygens (including phenoxy) is 2. The van der Waals surface area contributed by atoms with E-state index in [4.69, 9.17) is 9.47 Å². The van der Waals surface area contributed by atoms with Gasteiger partial charge in [0.25, 0.3) is 11.5 Å². The first-order valence-corrected chi connectivity index (χ1v) is 10.9. The third-order valence-corrected chi connectivity index (χ3v) is 6.04. The van der Waals surface area contributed by atoms with Crippen LogP contribution in [0.5, 0.6) is 11.5 Å². The third-order valence-electron chi connectivity index (χ3n) is 6.04. The molecule has 1 atom stereocenters. The van der Waals surface area contributed by atoms with Crippen molar-refractivity contribution in [2.45, 2.75) is 38.8 Å². The van der Waals surface area contributed by atoms with Crippen molar-refractivity contribution in [1.29, 1.82) is 0 Å². The van der Waals surface area contributed by atoms with Crippen LogP contribution in [0.4, 0.5) is 0 Å². The maximum atomic E-state index is 13.7. The first kappa shape index (κ1) is 19.6. The molecule has 3 heterocycles. The number of carbonyl (C=O) groups is 1. The Labute approximate surface area is 180 Å². The fraction of sp³-hybridized carbons (Fsp3) is 0.375. The number of likely N-dealkylation sites (tertiary alicyclic amines) is 1. The van der Waals surface area contributed by atoms with Gasteiger partial charge in [-0.05, 0) is 43.5 Å². The normalized spacial score (nSPS) is 18.2. The number of hydrogen-bond donors (Lipinski definition) is 0. The number of aryl methyl sites for hydroxylation is 1. The SMILES string of the molecule is CCn1nc(C(=O)N2CCCC2c2ccc3c(c2)OCCCO3)c2ccccc2c1=O. The molecule has 7 nitrogen and oxygen atoms in total. The van der Waals surface area contributed by atoms with E-state index in [1.54, 1.807) is 12.1 Å². The van der Waals surface area contributed by atoms with E-state index in [1.807, 2.05) is 42.2 Å². The molecule has 0 N–H and O–H groups in total. The maximum absolute atomic E-state index is 13.7. The second-order valence-electron chi connectivity index (χ2n) is 7.93. The molecule has 2 aromatic carbocycles. The van der Waals surface area contributed by atoms with Crippen LogP contribution in [0.2, 0.25) is 0 Å². The van der Waals surface area contributed by atoms with Crippen LogP contribution in [0.25, 0.3) is 10.8 Å². The summed E-state index contributed by atoms with van der Waals surface area (Å²) >= 11 is 0. The third kappa shape index (κ3) is 3.44. The summed E-state index contributed by atoms with van der Waals surface area (Å²) in [6.45, 7) is 4.19. The zero-order valence-electron chi connectivity index (χ0n) is 17.5. The van der Waals surface area contributed by atoms with Crippen molar-refractivity contribution < 1.29 is 14.3 Å². The Morgan fingerprint density at radius 3 is 2.65 bits per heavy atom. The van der Waals surface area contributed by atoms with Crippen molar-refractivity contribution in [2.75, 3.05) is 19.8 Å². The van der Waals surface area contributed by atoms with Crippen LogP contribution in [0, 0.1) is 0 Å². The van der Waals surface area contributed by atoms with Crippen molar-refractivity contribution in [3.63, 3.8) is 0 Å². The van der Waals surface area contributed by atoms with Crippen LogP contribution in [0.1, 0.15) is 48.3 Å². The molecule has 1 aromatic heterocycles. The fourth-order valence-corrected chi connectivity index (χ4v) is 4.49. The van der Waals surface area contributed by atoms with Crippen LogP contribution in [-0.4, -0.2) is 40.3 Å². The number of nitrogens with zero attached hydrogens (tertiary/aromatic N) is 3. The van der Waals surface area contributed by atoms with E-state index in [0.717, 1.165) is 36.3 Å². The number of benzene rings is 2. The standard InChI is InChI=1S/C24H25N3O4/c1-2-27-23(28)18-8-4-3-7-17(18)22(25-27)24(29)26-12-5-9-19(26)16-10-11-20-21(15-16)31-14-6-13-30-20/h3-4,7-8,10-11,15,19H,2,5-6,9,12-14H2,1H3. The van der Waals surface area contributed by atoms with Crippen molar-refractivity contribution >= 4 is 16.7 Å². The minimum absolute atomic E-state index is 0.0628. The van der Waals surface area contributed by atoms with Gasteiger partial charge in [0, 0.05) is 24.9 Å². The van der Waals surface area contributed by atoms with Crippen LogP contribution >= 0.6 is 0 Å². The van der Waals surface area contributed by atoms with Crippen LogP contribution in [0.15, 0.2) is 47.3 Å². The van der Waals surface area contributed by atoms with E-state index in [9.17, 15) is 9.59 Å². The topological polar surface area (TPSA) is 73.7 Å². The monoisotopic (exact) mass is 419 g/mol. The number of amides is 1.